The largest absolute Gasteiger partial charge is 0.312 e. The molecule has 0 amide bonds. The number of aromatic nitrogens is 1. The van der Waals surface area contributed by atoms with Gasteiger partial charge in [0.1, 0.15) is 7.85 Å². The maximum atomic E-state index is 5.55. The summed E-state index contributed by atoms with van der Waals surface area (Å²) in [5.74, 6) is 0. The van der Waals surface area contributed by atoms with Crippen molar-refractivity contribution in [1.29, 1.82) is 0 Å². The van der Waals surface area contributed by atoms with Crippen LogP contribution in [0.25, 0.3) is 0 Å². The fraction of sp³-hybridized carbons (Fsp3) is 0.375. The first-order chi connectivity index (χ1) is 5.36. The molecule has 0 saturated carbocycles. The van der Waals surface area contributed by atoms with E-state index in [0.717, 1.165) is 25.2 Å². The molecule has 11 heavy (non-hydrogen) atoms. The van der Waals surface area contributed by atoms with E-state index < -0.39 is 0 Å². The Balaban J connectivity index is 2.43. The van der Waals surface area contributed by atoms with Crippen molar-refractivity contribution in [3.8, 4) is 0 Å². The van der Waals surface area contributed by atoms with Crippen molar-refractivity contribution < 1.29 is 0 Å². The van der Waals surface area contributed by atoms with Gasteiger partial charge in [-0.3, -0.25) is 4.98 Å². The molecule has 0 aromatic carbocycles. The van der Waals surface area contributed by atoms with Crippen LogP contribution in [-0.2, 0) is 13.0 Å². The van der Waals surface area contributed by atoms with E-state index >= 15 is 0 Å². The first-order valence-electron chi connectivity index (χ1n) is 3.81. The lowest BCUT2D eigenvalue weighted by Crippen LogP contribution is -2.26. The van der Waals surface area contributed by atoms with Crippen LogP contribution >= 0.6 is 0 Å². The molecule has 1 aromatic heterocycles. The number of nitrogens with zero attached hydrogens (tertiary/aromatic N) is 1. The molecule has 1 aliphatic rings. The summed E-state index contributed by atoms with van der Waals surface area (Å²) in [7, 11) is 5.55. The van der Waals surface area contributed by atoms with Crippen LogP contribution in [0.4, 0.5) is 0 Å². The number of hydrogen-bond donors (Lipinski definition) is 1. The van der Waals surface area contributed by atoms with E-state index in [1.807, 2.05) is 12.1 Å². The van der Waals surface area contributed by atoms with E-state index in [9.17, 15) is 0 Å². The predicted octanol–water partition coefficient (Wildman–Crippen LogP) is -0.479. The number of nitrogens with one attached hydrogen (secondary N) is 1. The van der Waals surface area contributed by atoms with E-state index in [-0.39, 0.29) is 0 Å². The average molecular weight is 144 g/mol. The first kappa shape index (κ1) is 6.86. The molecule has 0 bridgehead atoms. The van der Waals surface area contributed by atoms with Crippen LogP contribution < -0.4 is 10.9 Å². The minimum atomic E-state index is 0.630. The van der Waals surface area contributed by atoms with Crippen molar-refractivity contribution in [2.24, 2.45) is 0 Å². The minimum Gasteiger partial charge on any atom is -0.312 e. The normalized spacial score (nSPS) is 16.0. The molecule has 1 aromatic rings. The molecule has 1 aliphatic heterocycles. The monoisotopic (exact) mass is 144 g/mol. The van der Waals surface area contributed by atoms with Crippen LogP contribution in [0.2, 0.25) is 0 Å². The summed E-state index contributed by atoms with van der Waals surface area (Å²) in [5.41, 5.74) is 3.07. The molecule has 0 saturated heterocycles. The van der Waals surface area contributed by atoms with Crippen LogP contribution in [0.3, 0.4) is 0 Å². The Morgan fingerprint density at radius 3 is 3.27 bits per heavy atom. The molecule has 0 fully saturated rings. The molecule has 2 radical (unpaired) electrons. The third kappa shape index (κ3) is 1.28. The second-order valence-electron chi connectivity index (χ2n) is 2.77. The van der Waals surface area contributed by atoms with Gasteiger partial charge < -0.3 is 5.32 Å². The standard InChI is InChI=1S/C8H9BN2/c9-8-2-1-6-5-10-4-3-7(6)11-8/h1-2,10H,3-5H2. The van der Waals surface area contributed by atoms with Gasteiger partial charge in [-0.15, -0.1) is 0 Å². The molecule has 3 heteroatoms. The summed E-state index contributed by atoms with van der Waals surface area (Å²) in [5, 5.41) is 3.28. The summed E-state index contributed by atoms with van der Waals surface area (Å²) < 4.78 is 0. The third-order valence-corrected chi connectivity index (χ3v) is 1.94. The summed E-state index contributed by atoms with van der Waals surface area (Å²) in [6.45, 7) is 1.95. The highest BCUT2D eigenvalue weighted by molar-refractivity contribution is 6.30. The number of fused-ring (bicyclic) bond motifs is 1. The van der Waals surface area contributed by atoms with Crippen LogP contribution in [-0.4, -0.2) is 19.4 Å². The quantitative estimate of drug-likeness (QED) is 0.497. The van der Waals surface area contributed by atoms with E-state index in [2.05, 4.69) is 10.3 Å². The zero-order valence-electron chi connectivity index (χ0n) is 6.30. The summed E-state index contributed by atoms with van der Waals surface area (Å²) in [6.07, 6.45) is 1.00. The van der Waals surface area contributed by atoms with Gasteiger partial charge in [0.25, 0.3) is 0 Å². The van der Waals surface area contributed by atoms with Gasteiger partial charge in [-0.2, -0.15) is 0 Å². The second kappa shape index (κ2) is 2.66. The van der Waals surface area contributed by atoms with E-state index in [4.69, 9.17) is 7.85 Å². The molecular formula is C8H9BN2. The highest BCUT2D eigenvalue weighted by Crippen LogP contribution is 2.07. The Hall–Kier alpha value is -0.825. The highest BCUT2D eigenvalue weighted by atomic mass is 14.9. The van der Waals surface area contributed by atoms with Gasteiger partial charge >= 0.3 is 0 Å². The lowest BCUT2D eigenvalue weighted by molar-refractivity contribution is 0.632. The van der Waals surface area contributed by atoms with Crippen molar-refractivity contribution in [3.63, 3.8) is 0 Å². The molecule has 1 N–H and O–H groups in total. The van der Waals surface area contributed by atoms with E-state index in [1.165, 1.54) is 5.56 Å². The Morgan fingerprint density at radius 1 is 1.45 bits per heavy atom. The Morgan fingerprint density at radius 2 is 2.36 bits per heavy atom. The molecule has 2 rings (SSSR count). The van der Waals surface area contributed by atoms with Gasteiger partial charge in [0.15, 0.2) is 0 Å². The van der Waals surface area contributed by atoms with Gasteiger partial charge in [0.05, 0.1) is 0 Å². The molecule has 2 heterocycles. The molecule has 0 spiro atoms. The molecular weight excluding hydrogens is 135 g/mol. The highest BCUT2D eigenvalue weighted by Gasteiger charge is 2.08. The maximum absolute atomic E-state index is 5.55. The Bertz CT molecular complexity index is 273. The van der Waals surface area contributed by atoms with Gasteiger partial charge in [0, 0.05) is 25.2 Å². The van der Waals surface area contributed by atoms with Crippen LogP contribution in [0.15, 0.2) is 12.1 Å². The van der Waals surface area contributed by atoms with Gasteiger partial charge in [-0.1, -0.05) is 12.1 Å². The zero-order chi connectivity index (χ0) is 7.68. The summed E-state index contributed by atoms with van der Waals surface area (Å²) in [4.78, 5) is 4.25. The fourth-order valence-electron chi connectivity index (χ4n) is 1.35. The maximum Gasteiger partial charge on any atom is 0.141 e. The van der Waals surface area contributed by atoms with Crippen molar-refractivity contribution in [2.45, 2.75) is 13.0 Å². The van der Waals surface area contributed by atoms with Crippen LogP contribution in [0.1, 0.15) is 11.3 Å². The van der Waals surface area contributed by atoms with Crippen LogP contribution in [0.5, 0.6) is 0 Å². The summed E-state index contributed by atoms with van der Waals surface area (Å²) >= 11 is 0. The lowest BCUT2D eigenvalue weighted by Gasteiger charge is -2.15. The van der Waals surface area contributed by atoms with Crippen molar-refractivity contribution in [3.05, 3.63) is 23.4 Å². The van der Waals surface area contributed by atoms with E-state index in [0.29, 0.717) is 5.59 Å². The first-order valence-corrected chi connectivity index (χ1v) is 3.81. The Kier molecular flexibility index (Phi) is 1.66. The predicted molar refractivity (Wildman–Crippen MR) is 45.0 cm³/mol. The molecule has 2 nitrogen and oxygen atoms in total. The number of hydrogen-bond acceptors (Lipinski definition) is 2. The van der Waals surface area contributed by atoms with Crippen molar-refractivity contribution >= 4 is 13.4 Å². The molecule has 0 atom stereocenters. The second-order valence-corrected chi connectivity index (χ2v) is 2.77. The fourth-order valence-corrected chi connectivity index (χ4v) is 1.35. The van der Waals surface area contributed by atoms with E-state index in [1.54, 1.807) is 0 Å². The smallest absolute Gasteiger partial charge is 0.141 e. The topological polar surface area (TPSA) is 24.9 Å². The lowest BCUT2D eigenvalue weighted by atomic mass is 9.99. The number of pyridine rings is 1. The van der Waals surface area contributed by atoms with Crippen molar-refractivity contribution in [2.75, 3.05) is 6.54 Å². The third-order valence-electron chi connectivity index (χ3n) is 1.94. The average Bonchev–Trinajstić information content (AvgIpc) is 2.04. The zero-order valence-corrected chi connectivity index (χ0v) is 6.30. The van der Waals surface area contributed by atoms with Gasteiger partial charge in [-0.25, -0.2) is 0 Å². The van der Waals surface area contributed by atoms with Gasteiger partial charge in [0.2, 0.25) is 0 Å². The molecule has 0 unspecified atom stereocenters. The Labute approximate surface area is 67.4 Å². The summed E-state index contributed by atoms with van der Waals surface area (Å²) in [6, 6.07) is 3.90. The molecule has 0 aliphatic carbocycles. The van der Waals surface area contributed by atoms with Gasteiger partial charge in [-0.05, 0) is 11.2 Å². The SMILES string of the molecule is [B]c1ccc2c(n1)CCNC2. The minimum absolute atomic E-state index is 0.630. The van der Waals surface area contributed by atoms with Crippen molar-refractivity contribution in [1.82, 2.24) is 10.3 Å². The number of rotatable bonds is 0. The van der Waals surface area contributed by atoms with Crippen LogP contribution in [0, 0.1) is 0 Å². The molecule has 54 valence electrons.